The molecule has 0 saturated carbocycles. The second-order valence-electron chi connectivity index (χ2n) is 4.17. The molecule has 3 nitrogen and oxygen atoms in total. The fourth-order valence-electron chi connectivity index (χ4n) is 1.71. The number of benzene rings is 1. The van der Waals surface area contributed by atoms with E-state index in [0.717, 1.165) is 17.0 Å². The maximum Gasteiger partial charge on any atom is 0.131 e. The number of aromatic nitrogens is 2. The van der Waals surface area contributed by atoms with E-state index in [1.54, 1.807) is 17.8 Å². The van der Waals surface area contributed by atoms with Crippen LogP contribution in [0.5, 0.6) is 5.75 Å². The molecular formula is C13H14ClFN2O. The fourth-order valence-corrected chi connectivity index (χ4v) is 1.93. The van der Waals surface area contributed by atoms with Crippen molar-refractivity contribution in [3.8, 4) is 5.75 Å². The maximum atomic E-state index is 13.1. The highest BCUT2D eigenvalue weighted by Gasteiger charge is 2.12. The summed E-state index contributed by atoms with van der Waals surface area (Å²) in [6, 6.07) is 4.45. The van der Waals surface area contributed by atoms with Crippen molar-refractivity contribution in [1.29, 1.82) is 0 Å². The molecule has 0 aliphatic carbocycles. The first kappa shape index (κ1) is 12.9. The third-order valence-corrected chi connectivity index (χ3v) is 3.27. The molecule has 96 valence electrons. The third-order valence-electron chi connectivity index (χ3n) is 2.78. The van der Waals surface area contributed by atoms with E-state index in [-0.39, 0.29) is 12.4 Å². The lowest BCUT2D eigenvalue weighted by atomic mass is 10.2. The van der Waals surface area contributed by atoms with Crippen LogP contribution in [0, 0.1) is 19.7 Å². The molecule has 2 aromatic rings. The summed E-state index contributed by atoms with van der Waals surface area (Å²) in [5, 5.41) is 4.78. The summed E-state index contributed by atoms with van der Waals surface area (Å²) < 4.78 is 20.4. The van der Waals surface area contributed by atoms with E-state index in [4.69, 9.17) is 16.3 Å². The normalized spacial score (nSPS) is 10.7. The van der Waals surface area contributed by atoms with Crippen LogP contribution in [0.2, 0.25) is 5.02 Å². The van der Waals surface area contributed by atoms with E-state index in [9.17, 15) is 4.39 Å². The number of ether oxygens (including phenoxy) is 1. The van der Waals surface area contributed by atoms with Crippen molar-refractivity contribution in [1.82, 2.24) is 9.78 Å². The fraction of sp³-hybridized carbons (Fsp3) is 0.308. The predicted molar refractivity (Wildman–Crippen MR) is 68.4 cm³/mol. The molecule has 0 fully saturated rings. The van der Waals surface area contributed by atoms with E-state index < -0.39 is 0 Å². The second-order valence-corrected chi connectivity index (χ2v) is 4.55. The summed E-state index contributed by atoms with van der Waals surface area (Å²) >= 11 is 6.11. The minimum atomic E-state index is -0.317. The third kappa shape index (κ3) is 2.48. The van der Waals surface area contributed by atoms with Gasteiger partial charge in [-0.3, -0.25) is 4.68 Å². The van der Waals surface area contributed by atoms with Gasteiger partial charge in [0, 0.05) is 13.1 Å². The number of rotatable bonds is 3. The Morgan fingerprint density at radius 3 is 2.72 bits per heavy atom. The molecule has 0 amide bonds. The van der Waals surface area contributed by atoms with Crippen molar-refractivity contribution in [3.63, 3.8) is 0 Å². The molecule has 0 unspecified atom stereocenters. The van der Waals surface area contributed by atoms with Crippen molar-refractivity contribution in [3.05, 3.63) is 46.0 Å². The Morgan fingerprint density at radius 1 is 1.39 bits per heavy atom. The molecule has 5 heteroatoms. The molecule has 0 aliphatic heterocycles. The Morgan fingerprint density at radius 2 is 2.11 bits per heavy atom. The lowest BCUT2D eigenvalue weighted by Crippen LogP contribution is -2.04. The molecule has 0 spiro atoms. The molecule has 0 radical (unpaired) electrons. The smallest absolute Gasteiger partial charge is 0.131 e. The van der Waals surface area contributed by atoms with E-state index >= 15 is 0 Å². The SMILES string of the molecule is Cc1ccc(F)cc1OCc1c(Cl)c(C)nn1C. The number of aryl methyl sites for hydroxylation is 3. The molecule has 0 aliphatic rings. The number of hydrogen-bond donors (Lipinski definition) is 0. The first-order valence-electron chi connectivity index (χ1n) is 5.56. The zero-order valence-corrected chi connectivity index (χ0v) is 11.3. The summed E-state index contributed by atoms with van der Waals surface area (Å²) in [6.45, 7) is 3.96. The summed E-state index contributed by atoms with van der Waals surface area (Å²) in [5.41, 5.74) is 2.41. The van der Waals surface area contributed by atoms with Gasteiger partial charge in [0.2, 0.25) is 0 Å². The van der Waals surface area contributed by atoms with Crippen molar-refractivity contribution in [2.75, 3.05) is 0 Å². The van der Waals surface area contributed by atoms with Crippen molar-refractivity contribution in [2.45, 2.75) is 20.5 Å². The van der Waals surface area contributed by atoms with E-state index in [1.807, 2.05) is 13.8 Å². The molecule has 2 rings (SSSR count). The molecule has 0 saturated heterocycles. The Kier molecular flexibility index (Phi) is 3.57. The van der Waals surface area contributed by atoms with Gasteiger partial charge in [0.1, 0.15) is 18.2 Å². The first-order valence-corrected chi connectivity index (χ1v) is 5.93. The highest BCUT2D eigenvalue weighted by molar-refractivity contribution is 6.31. The number of nitrogens with zero attached hydrogens (tertiary/aromatic N) is 2. The van der Waals surface area contributed by atoms with E-state index in [0.29, 0.717) is 10.8 Å². The van der Waals surface area contributed by atoms with Gasteiger partial charge in [0.25, 0.3) is 0 Å². The molecule has 0 N–H and O–H groups in total. The zero-order chi connectivity index (χ0) is 13.3. The predicted octanol–water partition coefficient (Wildman–Crippen LogP) is 3.41. The summed E-state index contributed by atoms with van der Waals surface area (Å²) in [6.07, 6.45) is 0. The molecule has 1 aromatic heterocycles. The van der Waals surface area contributed by atoms with Gasteiger partial charge in [-0.25, -0.2) is 4.39 Å². The van der Waals surface area contributed by atoms with Crippen LogP contribution in [-0.2, 0) is 13.7 Å². The van der Waals surface area contributed by atoms with Crippen LogP contribution >= 0.6 is 11.6 Å². The first-order chi connectivity index (χ1) is 8.49. The van der Waals surface area contributed by atoms with Crippen LogP contribution in [0.15, 0.2) is 18.2 Å². The van der Waals surface area contributed by atoms with Crippen molar-refractivity contribution in [2.24, 2.45) is 7.05 Å². The van der Waals surface area contributed by atoms with Gasteiger partial charge >= 0.3 is 0 Å². The number of hydrogen-bond acceptors (Lipinski definition) is 2. The molecule has 0 bridgehead atoms. The molecular weight excluding hydrogens is 255 g/mol. The monoisotopic (exact) mass is 268 g/mol. The van der Waals surface area contributed by atoms with Crippen LogP contribution in [-0.4, -0.2) is 9.78 Å². The highest BCUT2D eigenvalue weighted by atomic mass is 35.5. The largest absolute Gasteiger partial charge is 0.487 e. The van der Waals surface area contributed by atoms with Crippen LogP contribution in [0.1, 0.15) is 17.0 Å². The van der Waals surface area contributed by atoms with Gasteiger partial charge in [0.15, 0.2) is 0 Å². The standard InChI is InChI=1S/C13H14ClFN2O/c1-8-4-5-10(15)6-12(8)18-7-11-13(14)9(2)16-17(11)3/h4-6H,7H2,1-3H3. The van der Waals surface area contributed by atoms with Gasteiger partial charge in [-0.05, 0) is 25.5 Å². The van der Waals surface area contributed by atoms with Gasteiger partial charge in [-0.2, -0.15) is 5.10 Å². The van der Waals surface area contributed by atoms with Crippen molar-refractivity contribution >= 4 is 11.6 Å². The topological polar surface area (TPSA) is 27.1 Å². The lowest BCUT2D eigenvalue weighted by Gasteiger charge is -2.09. The second kappa shape index (κ2) is 4.98. The molecule has 18 heavy (non-hydrogen) atoms. The maximum absolute atomic E-state index is 13.1. The average Bonchev–Trinajstić information content (AvgIpc) is 2.55. The Balaban J connectivity index is 2.19. The van der Waals surface area contributed by atoms with Gasteiger partial charge in [0.05, 0.1) is 16.4 Å². The Labute approximate surface area is 110 Å². The van der Waals surface area contributed by atoms with Gasteiger partial charge in [-0.15, -0.1) is 0 Å². The quantitative estimate of drug-likeness (QED) is 0.853. The molecule has 0 atom stereocenters. The highest BCUT2D eigenvalue weighted by Crippen LogP contribution is 2.23. The summed E-state index contributed by atoms with van der Waals surface area (Å²) in [7, 11) is 1.80. The van der Waals surface area contributed by atoms with E-state index in [2.05, 4.69) is 5.10 Å². The molecule has 1 aromatic carbocycles. The summed E-state index contributed by atoms with van der Waals surface area (Å²) in [4.78, 5) is 0. The minimum Gasteiger partial charge on any atom is -0.487 e. The lowest BCUT2D eigenvalue weighted by molar-refractivity contribution is 0.291. The van der Waals surface area contributed by atoms with Gasteiger partial charge in [-0.1, -0.05) is 17.7 Å². The molecule has 1 heterocycles. The summed E-state index contributed by atoms with van der Waals surface area (Å²) in [5.74, 6) is 0.202. The van der Waals surface area contributed by atoms with E-state index in [1.165, 1.54) is 12.1 Å². The number of halogens is 2. The van der Waals surface area contributed by atoms with Crippen LogP contribution in [0.25, 0.3) is 0 Å². The Bertz CT molecular complexity index is 581. The minimum absolute atomic E-state index is 0.264. The van der Waals surface area contributed by atoms with Crippen LogP contribution in [0.4, 0.5) is 4.39 Å². The average molecular weight is 269 g/mol. The van der Waals surface area contributed by atoms with Crippen LogP contribution < -0.4 is 4.74 Å². The van der Waals surface area contributed by atoms with Crippen molar-refractivity contribution < 1.29 is 9.13 Å². The van der Waals surface area contributed by atoms with Gasteiger partial charge < -0.3 is 4.74 Å². The zero-order valence-electron chi connectivity index (χ0n) is 10.5. The Hall–Kier alpha value is -1.55. The van der Waals surface area contributed by atoms with Crippen LogP contribution in [0.3, 0.4) is 0 Å².